The molecule has 33 heavy (non-hydrogen) atoms. The van der Waals surface area contributed by atoms with E-state index in [1.54, 1.807) is 12.4 Å². The number of aromatic amines is 1. The van der Waals surface area contributed by atoms with Crippen molar-refractivity contribution in [2.45, 2.75) is 33.2 Å². The van der Waals surface area contributed by atoms with Crippen LogP contribution in [-0.4, -0.2) is 68.1 Å². The van der Waals surface area contributed by atoms with E-state index in [9.17, 15) is 4.79 Å². The van der Waals surface area contributed by atoms with Gasteiger partial charge in [0.05, 0.1) is 10.4 Å². The maximum absolute atomic E-state index is 13.7. The summed E-state index contributed by atoms with van der Waals surface area (Å²) in [5.74, 6) is -0.00832. The standard InChI is InChI=1S/C25H28N6OS/c1-4-30(5-2)18-11-13-31(15-18)25(32)22-23(17-9-7-12-26-14-17)33-24(27-22)21-19-10-6-8-16(3)20(19)28-29-21/h6-10,12,14,18H,4-5,11,13,15H2,1-3H3,(H,28,29). The summed E-state index contributed by atoms with van der Waals surface area (Å²) in [5, 5.41) is 9.45. The number of thiazole rings is 1. The molecule has 1 aliphatic rings. The Morgan fingerprint density at radius 1 is 1.24 bits per heavy atom. The molecule has 8 heteroatoms. The van der Waals surface area contributed by atoms with Crippen molar-refractivity contribution in [3.05, 3.63) is 54.0 Å². The first-order valence-corrected chi connectivity index (χ1v) is 12.3. The molecule has 4 heterocycles. The second-order valence-electron chi connectivity index (χ2n) is 8.42. The number of aryl methyl sites for hydroxylation is 1. The molecule has 3 aromatic heterocycles. The molecule has 0 spiro atoms. The lowest BCUT2D eigenvalue weighted by Gasteiger charge is -2.26. The highest BCUT2D eigenvalue weighted by Crippen LogP contribution is 2.38. The molecule has 7 nitrogen and oxygen atoms in total. The molecular weight excluding hydrogens is 432 g/mol. The van der Waals surface area contributed by atoms with Gasteiger partial charge < -0.3 is 4.90 Å². The number of carbonyl (C=O) groups is 1. The predicted octanol–water partition coefficient (Wildman–Crippen LogP) is 4.61. The van der Waals surface area contributed by atoms with Crippen molar-refractivity contribution < 1.29 is 4.79 Å². The normalized spacial score (nSPS) is 16.2. The van der Waals surface area contributed by atoms with E-state index in [0.717, 1.165) is 70.2 Å². The van der Waals surface area contributed by atoms with E-state index in [0.29, 0.717) is 11.7 Å². The largest absolute Gasteiger partial charge is 0.336 e. The molecule has 1 fully saturated rings. The minimum atomic E-state index is -0.00832. The average Bonchev–Trinajstić information content (AvgIpc) is 3.59. The van der Waals surface area contributed by atoms with E-state index in [-0.39, 0.29) is 5.91 Å². The smallest absolute Gasteiger partial charge is 0.274 e. The highest BCUT2D eigenvalue weighted by atomic mass is 32.1. The van der Waals surface area contributed by atoms with Gasteiger partial charge in [-0.05, 0) is 38.1 Å². The number of H-pyrrole nitrogens is 1. The fraction of sp³-hybridized carbons (Fsp3) is 0.360. The van der Waals surface area contributed by atoms with E-state index < -0.39 is 0 Å². The summed E-state index contributed by atoms with van der Waals surface area (Å²) in [6.07, 6.45) is 4.54. The zero-order chi connectivity index (χ0) is 22.9. The molecule has 1 amide bonds. The van der Waals surface area contributed by atoms with Gasteiger partial charge in [-0.1, -0.05) is 38.1 Å². The number of hydrogen-bond acceptors (Lipinski definition) is 6. The van der Waals surface area contributed by atoms with Crippen LogP contribution in [0.25, 0.3) is 32.0 Å². The molecule has 0 bridgehead atoms. The van der Waals surface area contributed by atoms with Crippen molar-refractivity contribution in [1.29, 1.82) is 0 Å². The Morgan fingerprint density at radius 2 is 2.09 bits per heavy atom. The number of likely N-dealkylation sites (tertiary alicyclic amines) is 1. The Bertz CT molecular complexity index is 1280. The van der Waals surface area contributed by atoms with Crippen molar-refractivity contribution in [2.24, 2.45) is 0 Å². The van der Waals surface area contributed by atoms with Crippen LogP contribution in [0, 0.1) is 6.92 Å². The fourth-order valence-electron chi connectivity index (χ4n) is 4.72. The second-order valence-corrected chi connectivity index (χ2v) is 9.42. The Hall–Kier alpha value is -3.10. The topological polar surface area (TPSA) is 78.0 Å². The van der Waals surface area contributed by atoms with Crippen LogP contribution in [0.4, 0.5) is 0 Å². The van der Waals surface area contributed by atoms with Crippen molar-refractivity contribution in [3.8, 4) is 21.1 Å². The van der Waals surface area contributed by atoms with Gasteiger partial charge in [-0.3, -0.25) is 19.8 Å². The van der Waals surface area contributed by atoms with E-state index in [2.05, 4.69) is 33.9 Å². The zero-order valence-electron chi connectivity index (χ0n) is 19.2. The van der Waals surface area contributed by atoms with Crippen LogP contribution >= 0.6 is 11.3 Å². The minimum Gasteiger partial charge on any atom is -0.336 e. The van der Waals surface area contributed by atoms with Gasteiger partial charge in [-0.15, -0.1) is 11.3 Å². The maximum Gasteiger partial charge on any atom is 0.274 e. The number of aromatic nitrogens is 4. The summed E-state index contributed by atoms with van der Waals surface area (Å²) in [4.78, 5) is 28.1. The van der Waals surface area contributed by atoms with Crippen molar-refractivity contribution in [2.75, 3.05) is 26.2 Å². The van der Waals surface area contributed by atoms with E-state index >= 15 is 0 Å². The van der Waals surface area contributed by atoms with Crippen LogP contribution in [0.5, 0.6) is 0 Å². The van der Waals surface area contributed by atoms with E-state index in [4.69, 9.17) is 4.98 Å². The molecule has 1 N–H and O–H groups in total. The highest BCUT2D eigenvalue weighted by Gasteiger charge is 2.33. The molecule has 0 radical (unpaired) electrons. The third-order valence-corrected chi connectivity index (χ3v) is 7.66. The van der Waals surface area contributed by atoms with Crippen molar-refractivity contribution in [3.63, 3.8) is 0 Å². The first kappa shape index (κ1) is 21.7. The molecule has 1 saturated heterocycles. The lowest BCUT2D eigenvalue weighted by molar-refractivity contribution is 0.0774. The maximum atomic E-state index is 13.7. The van der Waals surface area contributed by atoms with Gasteiger partial charge in [0, 0.05) is 42.5 Å². The average molecular weight is 461 g/mol. The number of carbonyl (C=O) groups excluding carboxylic acids is 1. The van der Waals surface area contributed by atoms with Gasteiger partial charge >= 0.3 is 0 Å². The fourth-order valence-corrected chi connectivity index (χ4v) is 5.78. The van der Waals surface area contributed by atoms with Crippen LogP contribution < -0.4 is 0 Å². The van der Waals surface area contributed by atoms with Gasteiger partial charge in [0.25, 0.3) is 5.91 Å². The third-order valence-electron chi connectivity index (χ3n) is 6.53. The van der Waals surface area contributed by atoms with Gasteiger partial charge in [0.15, 0.2) is 0 Å². The van der Waals surface area contributed by atoms with Gasteiger partial charge in [0.2, 0.25) is 0 Å². The summed E-state index contributed by atoms with van der Waals surface area (Å²) in [6, 6.07) is 10.4. The lowest BCUT2D eigenvalue weighted by atomic mass is 10.1. The summed E-state index contributed by atoms with van der Waals surface area (Å²) >= 11 is 1.51. The number of benzene rings is 1. The van der Waals surface area contributed by atoms with E-state index in [1.807, 2.05) is 42.2 Å². The van der Waals surface area contributed by atoms with Crippen molar-refractivity contribution >= 4 is 28.1 Å². The van der Waals surface area contributed by atoms with Crippen LogP contribution in [-0.2, 0) is 0 Å². The molecule has 0 aliphatic carbocycles. The summed E-state index contributed by atoms with van der Waals surface area (Å²) < 4.78 is 0. The number of fused-ring (bicyclic) bond motifs is 1. The molecule has 1 unspecified atom stereocenters. The Morgan fingerprint density at radius 3 is 2.85 bits per heavy atom. The molecule has 170 valence electrons. The first-order valence-electron chi connectivity index (χ1n) is 11.5. The molecule has 5 rings (SSSR count). The lowest BCUT2D eigenvalue weighted by Crippen LogP contribution is -2.38. The number of likely N-dealkylation sites (N-methyl/N-ethyl adjacent to an activating group) is 1. The number of amides is 1. The number of nitrogens with zero attached hydrogens (tertiary/aromatic N) is 5. The number of hydrogen-bond donors (Lipinski definition) is 1. The summed E-state index contributed by atoms with van der Waals surface area (Å²) in [5.41, 5.74) is 4.29. The van der Waals surface area contributed by atoms with E-state index in [1.165, 1.54) is 11.3 Å². The summed E-state index contributed by atoms with van der Waals surface area (Å²) in [6.45, 7) is 9.89. The highest BCUT2D eigenvalue weighted by molar-refractivity contribution is 7.18. The number of para-hydroxylation sites is 1. The second kappa shape index (κ2) is 9.03. The number of pyridine rings is 1. The van der Waals surface area contributed by atoms with Crippen LogP contribution in [0.15, 0.2) is 42.7 Å². The zero-order valence-corrected chi connectivity index (χ0v) is 20.0. The monoisotopic (exact) mass is 460 g/mol. The molecule has 1 aliphatic heterocycles. The first-order chi connectivity index (χ1) is 16.1. The third kappa shape index (κ3) is 3.94. The molecule has 4 aromatic rings. The molecular formula is C25H28N6OS. The molecule has 0 saturated carbocycles. The van der Waals surface area contributed by atoms with Crippen LogP contribution in [0.3, 0.4) is 0 Å². The van der Waals surface area contributed by atoms with Crippen LogP contribution in [0.2, 0.25) is 0 Å². The van der Waals surface area contributed by atoms with Gasteiger partial charge in [0.1, 0.15) is 16.4 Å². The van der Waals surface area contributed by atoms with Crippen molar-refractivity contribution in [1.82, 2.24) is 30.0 Å². The number of rotatable bonds is 6. The SMILES string of the molecule is CCN(CC)C1CCN(C(=O)c2nc(-c3[nH]nc4c(C)cccc34)sc2-c2cccnc2)C1. The quantitative estimate of drug-likeness (QED) is 0.455. The Labute approximate surface area is 197 Å². The van der Waals surface area contributed by atoms with Crippen LogP contribution in [0.1, 0.15) is 36.3 Å². The Balaban J connectivity index is 1.55. The molecule has 1 aromatic carbocycles. The minimum absolute atomic E-state index is 0.00832. The van der Waals surface area contributed by atoms with Gasteiger partial charge in [-0.2, -0.15) is 5.10 Å². The Kier molecular flexibility index (Phi) is 5.95. The molecule has 1 atom stereocenters. The van der Waals surface area contributed by atoms with Gasteiger partial charge in [-0.25, -0.2) is 4.98 Å². The number of nitrogens with one attached hydrogen (secondary N) is 1. The predicted molar refractivity (Wildman–Crippen MR) is 132 cm³/mol. The summed E-state index contributed by atoms with van der Waals surface area (Å²) in [7, 11) is 0.